The first-order chi connectivity index (χ1) is 10.7. The summed E-state index contributed by atoms with van der Waals surface area (Å²) in [5.41, 5.74) is 1.54. The van der Waals surface area contributed by atoms with Crippen molar-refractivity contribution in [2.75, 3.05) is 6.61 Å². The van der Waals surface area contributed by atoms with Crippen LogP contribution in [0.25, 0.3) is 0 Å². The first-order valence-electron chi connectivity index (χ1n) is 7.24. The Balaban J connectivity index is 1.90. The summed E-state index contributed by atoms with van der Waals surface area (Å²) in [5.74, 6) is -0.745. The number of carbonyl (C=O) groups excluding carboxylic acids is 1. The molecule has 1 N–H and O–H groups in total. The van der Waals surface area contributed by atoms with Crippen molar-refractivity contribution in [1.29, 1.82) is 0 Å². The largest absolute Gasteiger partial charge is 0.384 e. The van der Waals surface area contributed by atoms with Crippen LogP contribution in [-0.2, 0) is 11.3 Å². The van der Waals surface area contributed by atoms with Gasteiger partial charge in [0.1, 0.15) is 6.10 Å². The van der Waals surface area contributed by atoms with Crippen LogP contribution in [0, 0.1) is 5.92 Å². The molecular formula is C19H20O3. The van der Waals surface area contributed by atoms with Crippen LogP contribution in [-0.4, -0.2) is 23.6 Å². The summed E-state index contributed by atoms with van der Waals surface area (Å²) in [4.78, 5) is 12.2. The van der Waals surface area contributed by atoms with E-state index < -0.39 is 12.0 Å². The van der Waals surface area contributed by atoms with Crippen molar-refractivity contribution in [3.05, 3.63) is 84.4 Å². The standard InChI is InChI=1S/C19H20O3/c1-2-16(14-22-13-15-9-5-3-6-10-15)18(20)19(21)17-11-7-4-8-12-17/h2-12,16,18,20H,1,13-14H2/t16-,18+/m1/s1. The SMILES string of the molecule is C=C[C@H](COCc1ccccc1)[C@H](O)C(=O)c1ccccc1. The van der Waals surface area contributed by atoms with Gasteiger partial charge in [-0.3, -0.25) is 4.79 Å². The van der Waals surface area contributed by atoms with Gasteiger partial charge < -0.3 is 9.84 Å². The average molecular weight is 296 g/mol. The highest BCUT2D eigenvalue weighted by atomic mass is 16.5. The second-order valence-electron chi connectivity index (χ2n) is 5.08. The minimum absolute atomic E-state index is 0.248. The topological polar surface area (TPSA) is 46.5 Å². The van der Waals surface area contributed by atoms with Gasteiger partial charge in [-0.1, -0.05) is 66.7 Å². The molecule has 0 bridgehead atoms. The van der Waals surface area contributed by atoms with Crippen molar-refractivity contribution in [1.82, 2.24) is 0 Å². The number of aliphatic hydroxyl groups is 1. The summed E-state index contributed by atoms with van der Waals surface area (Å²) in [5, 5.41) is 10.2. The summed E-state index contributed by atoms with van der Waals surface area (Å²) in [6, 6.07) is 18.5. The Morgan fingerprint density at radius 1 is 1.09 bits per heavy atom. The average Bonchev–Trinajstić information content (AvgIpc) is 2.59. The Kier molecular flexibility index (Phi) is 6.07. The van der Waals surface area contributed by atoms with Crippen molar-refractivity contribution >= 4 is 5.78 Å². The fraction of sp³-hybridized carbons (Fsp3) is 0.211. The Bertz CT molecular complexity index is 593. The molecule has 0 amide bonds. The molecule has 2 aromatic carbocycles. The van der Waals surface area contributed by atoms with E-state index in [0.717, 1.165) is 5.56 Å². The Morgan fingerprint density at radius 3 is 2.27 bits per heavy atom. The fourth-order valence-corrected chi connectivity index (χ4v) is 2.14. The highest BCUT2D eigenvalue weighted by Crippen LogP contribution is 2.14. The number of rotatable bonds is 8. The third-order valence-corrected chi connectivity index (χ3v) is 3.46. The highest BCUT2D eigenvalue weighted by molar-refractivity contribution is 5.99. The Morgan fingerprint density at radius 2 is 1.68 bits per heavy atom. The van der Waals surface area contributed by atoms with E-state index in [0.29, 0.717) is 12.2 Å². The molecule has 0 aromatic heterocycles. The van der Waals surface area contributed by atoms with Crippen molar-refractivity contribution < 1.29 is 14.6 Å². The molecule has 0 unspecified atom stereocenters. The van der Waals surface area contributed by atoms with Gasteiger partial charge in [-0.25, -0.2) is 0 Å². The number of aliphatic hydroxyl groups excluding tert-OH is 1. The van der Waals surface area contributed by atoms with Crippen LogP contribution >= 0.6 is 0 Å². The molecule has 0 radical (unpaired) electrons. The molecule has 3 nitrogen and oxygen atoms in total. The monoisotopic (exact) mass is 296 g/mol. The van der Waals surface area contributed by atoms with Gasteiger partial charge in [0.2, 0.25) is 0 Å². The second kappa shape index (κ2) is 8.27. The smallest absolute Gasteiger partial charge is 0.191 e. The normalized spacial score (nSPS) is 13.3. The molecule has 0 aliphatic rings. The van der Waals surface area contributed by atoms with Gasteiger partial charge in [0.25, 0.3) is 0 Å². The van der Waals surface area contributed by atoms with Gasteiger partial charge >= 0.3 is 0 Å². The number of ketones is 1. The lowest BCUT2D eigenvalue weighted by Crippen LogP contribution is -2.31. The number of hydrogen-bond acceptors (Lipinski definition) is 3. The maximum Gasteiger partial charge on any atom is 0.191 e. The van der Waals surface area contributed by atoms with Crippen LogP contribution in [0.2, 0.25) is 0 Å². The van der Waals surface area contributed by atoms with E-state index in [1.165, 1.54) is 0 Å². The van der Waals surface area contributed by atoms with Gasteiger partial charge in [-0.05, 0) is 5.56 Å². The number of Topliss-reactive ketones (excluding diaryl/α,β-unsaturated/α-hetero) is 1. The van der Waals surface area contributed by atoms with E-state index in [9.17, 15) is 9.90 Å². The Hall–Kier alpha value is -2.23. The summed E-state index contributed by atoms with van der Waals surface area (Å²) < 4.78 is 5.60. The van der Waals surface area contributed by atoms with E-state index in [-0.39, 0.29) is 12.4 Å². The van der Waals surface area contributed by atoms with Crippen LogP contribution in [0.5, 0.6) is 0 Å². The van der Waals surface area contributed by atoms with Crippen molar-refractivity contribution in [3.8, 4) is 0 Å². The lowest BCUT2D eigenvalue weighted by molar-refractivity contribution is 0.0354. The molecule has 0 spiro atoms. The van der Waals surface area contributed by atoms with Gasteiger partial charge in [-0.2, -0.15) is 0 Å². The number of ether oxygens (including phenoxy) is 1. The Labute approximate surface area is 130 Å². The molecule has 0 heterocycles. The summed E-state index contributed by atoms with van der Waals surface area (Å²) in [7, 11) is 0. The summed E-state index contributed by atoms with van der Waals surface area (Å²) in [6.45, 7) is 4.38. The quantitative estimate of drug-likeness (QED) is 0.601. The van der Waals surface area contributed by atoms with E-state index >= 15 is 0 Å². The molecule has 0 aliphatic heterocycles. The van der Waals surface area contributed by atoms with Gasteiger partial charge in [-0.15, -0.1) is 6.58 Å². The molecule has 2 rings (SSSR count). The first kappa shape index (κ1) is 16.1. The third kappa shape index (κ3) is 4.38. The number of hydrogen-bond donors (Lipinski definition) is 1. The summed E-state index contributed by atoms with van der Waals surface area (Å²) in [6.07, 6.45) is 0.423. The van der Waals surface area contributed by atoms with Crippen LogP contribution in [0.3, 0.4) is 0 Å². The zero-order valence-corrected chi connectivity index (χ0v) is 12.4. The molecule has 2 aromatic rings. The van der Waals surface area contributed by atoms with Crippen LogP contribution in [0.4, 0.5) is 0 Å². The predicted octanol–water partition coefficient (Wildman–Crippen LogP) is 3.25. The molecule has 0 aliphatic carbocycles. The van der Waals surface area contributed by atoms with E-state index in [4.69, 9.17) is 4.74 Å². The minimum Gasteiger partial charge on any atom is -0.384 e. The van der Waals surface area contributed by atoms with E-state index in [2.05, 4.69) is 6.58 Å². The van der Waals surface area contributed by atoms with Crippen molar-refractivity contribution in [2.45, 2.75) is 12.7 Å². The minimum atomic E-state index is -1.14. The van der Waals surface area contributed by atoms with Crippen LogP contribution in [0.15, 0.2) is 73.3 Å². The fourth-order valence-electron chi connectivity index (χ4n) is 2.14. The molecule has 2 atom stereocenters. The lowest BCUT2D eigenvalue weighted by Gasteiger charge is -2.18. The molecule has 0 fully saturated rings. The lowest BCUT2D eigenvalue weighted by atomic mass is 9.95. The zero-order chi connectivity index (χ0) is 15.8. The first-order valence-corrected chi connectivity index (χ1v) is 7.24. The molecule has 0 saturated carbocycles. The molecular weight excluding hydrogens is 276 g/mol. The zero-order valence-electron chi connectivity index (χ0n) is 12.4. The number of carbonyl (C=O) groups is 1. The molecule has 114 valence electrons. The van der Waals surface area contributed by atoms with E-state index in [1.54, 1.807) is 30.3 Å². The van der Waals surface area contributed by atoms with Gasteiger partial charge in [0, 0.05) is 11.5 Å². The maximum atomic E-state index is 12.2. The van der Waals surface area contributed by atoms with Crippen molar-refractivity contribution in [2.24, 2.45) is 5.92 Å². The van der Waals surface area contributed by atoms with Gasteiger partial charge in [0.05, 0.1) is 13.2 Å². The predicted molar refractivity (Wildman–Crippen MR) is 86.6 cm³/mol. The van der Waals surface area contributed by atoms with Crippen LogP contribution < -0.4 is 0 Å². The molecule has 0 saturated heterocycles. The van der Waals surface area contributed by atoms with Gasteiger partial charge in [0.15, 0.2) is 5.78 Å². The van der Waals surface area contributed by atoms with Crippen LogP contribution in [0.1, 0.15) is 15.9 Å². The maximum absolute atomic E-state index is 12.2. The highest BCUT2D eigenvalue weighted by Gasteiger charge is 2.24. The summed E-state index contributed by atoms with van der Waals surface area (Å²) >= 11 is 0. The number of benzene rings is 2. The molecule has 3 heteroatoms. The third-order valence-electron chi connectivity index (χ3n) is 3.46. The van der Waals surface area contributed by atoms with Crippen molar-refractivity contribution in [3.63, 3.8) is 0 Å². The second-order valence-corrected chi connectivity index (χ2v) is 5.08. The van der Waals surface area contributed by atoms with E-state index in [1.807, 2.05) is 36.4 Å². The molecule has 22 heavy (non-hydrogen) atoms.